The van der Waals surface area contributed by atoms with Gasteiger partial charge in [0.2, 0.25) is 0 Å². The third-order valence-corrected chi connectivity index (χ3v) is 3.25. The second-order valence-corrected chi connectivity index (χ2v) is 5.29. The minimum atomic E-state index is -6.73. The van der Waals surface area contributed by atoms with Crippen LogP contribution in [0.2, 0.25) is 0 Å². The summed E-state index contributed by atoms with van der Waals surface area (Å²) in [6, 6.07) is 5.95. The molecule has 28 heavy (non-hydrogen) atoms. The first-order valence-corrected chi connectivity index (χ1v) is 6.93. The van der Waals surface area contributed by atoms with E-state index in [0.717, 1.165) is 12.1 Å². The summed E-state index contributed by atoms with van der Waals surface area (Å²) in [6.45, 7) is 0. The minimum absolute atomic E-state index is 0.175. The van der Waals surface area contributed by atoms with E-state index in [4.69, 9.17) is 0 Å². The van der Waals surface area contributed by atoms with Crippen LogP contribution < -0.4 is 0 Å². The van der Waals surface area contributed by atoms with Crippen molar-refractivity contribution in [3.8, 4) is 0 Å². The maximum absolute atomic E-state index is 13.2. The molecule has 1 aromatic rings. The van der Waals surface area contributed by atoms with Crippen LogP contribution in [0.5, 0.6) is 0 Å². The molecule has 0 aliphatic carbocycles. The molecule has 2 amide bonds. The van der Waals surface area contributed by atoms with E-state index >= 15 is 0 Å². The normalized spacial score (nSPS) is 14.5. The minimum Gasteiger partial charge on any atom is -0.373 e. The van der Waals surface area contributed by atoms with E-state index in [0.29, 0.717) is 0 Å². The molecule has 1 atom stereocenters. The largest absolute Gasteiger partial charge is 0.463 e. The van der Waals surface area contributed by atoms with Crippen LogP contribution >= 0.6 is 0 Å². The fraction of sp³-hybridized carbons (Fsp3) is 0.429. The number of benzene rings is 1. The van der Waals surface area contributed by atoms with Crippen LogP contribution in [-0.4, -0.2) is 52.2 Å². The van der Waals surface area contributed by atoms with Crippen molar-refractivity contribution in [1.29, 1.82) is 0 Å². The van der Waals surface area contributed by atoms with E-state index in [1.54, 1.807) is 0 Å². The number of aliphatic hydroxyl groups excluding tert-OH is 1. The van der Waals surface area contributed by atoms with Gasteiger partial charge in [0.15, 0.2) is 0 Å². The summed E-state index contributed by atoms with van der Waals surface area (Å²) in [5.74, 6) is -20.6. The molecule has 14 heteroatoms. The van der Waals surface area contributed by atoms with Crippen molar-refractivity contribution in [2.24, 2.45) is 0 Å². The maximum atomic E-state index is 13.2. The quantitative estimate of drug-likeness (QED) is 0.578. The van der Waals surface area contributed by atoms with Gasteiger partial charge in [-0.3, -0.25) is 9.59 Å². The number of hydrogen-bond acceptors (Lipinski definition) is 3. The van der Waals surface area contributed by atoms with Crippen molar-refractivity contribution in [2.75, 3.05) is 0 Å². The number of amides is 2. The number of nitrogens with zero attached hydrogens (tertiary/aromatic N) is 1. The van der Waals surface area contributed by atoms with E-state index in [1.807, 2.05) is 0 Å². The molecule has 1 unspecified atom stereocenters. The average Bonchev–Trinajstić information content (AvgIpc) is 2.53. The first-order chi connectivity index (χ1) is 12.4. The smallest absolute Gasteiger partial charge is 0.373 e. The van der Waals surface area contributed by atoms with E-state index in [2.05, 4.69) is 0 Å². The third kappa shape index (κ3) is 4.54. The lowest BCUT2D eigenvalue weighted by atomic mass is 10.1. The molecule has 0 radical (unpaired) electrons. The lowest BCUT2D eigenvalue weighted by Crippen LogP contribution is -2.63. The molecule has 1 aromatic carbocycles. The topological polar surface area (TPSA) is 57.6 Å². The molecule has 0 heterocycles. The van der Waals surface area contributed by atoms with Gasteiger partial charge < -0.3 is 5.11 Å². The van der Waals surface area contributed by atoms with Crippen LogP contribution in [0, 0.1) is 0 Å². The zero-order chi connectivity index (χ0) is 22.1. The third-order valence-electron chi connectivity index (χ3n) is 3.25. The van der Waals surface area contributed by atoms with E-state index in [1.165, 1.54) is 18.2 Å². The van der Waals surface area contributed by atoms with Gasteiger partial charge in [-0.05, 0) is 5.56 Å². The Hall–Kier alpha value is -2.38. The van der Waals surface area contributed by atoms with Gasteiger partial charge >= 0.3 is 36.0 Å². The van der Waals surface area contributed by atoms with Gasteiger partial charge in [-0.15, -0.1) is 0 Å². The first kappa shape index (κ1) is 23.7. The zero-order valence-electron chi connectivity index (χ0n) is 13.2. The molecule has 1 rings (SSSR count). The highest BCUT2D eigenvalue weighted by atomic mass is 19.4. The number of rotatable bonds is 5. The number of carbonyl (C=O) groups excluding carboxylic acids is 2. The lowest BCUT2D eigenvalue weighted by Gasteiger charge is -2.32. The fourth-order valence-corrected chi connectivity index (χ4v) is 1.82. The second kappa shape index (κ2) is 7.56. The molecule has 0 fully saturated rings. The van der Waals surface area contributed by atoms with E-state index in [9.17, 15) is 58.6 Å². The fourth-order valence-electron chi connectivity index (χ4n) is 1.82. The van der Waals surface area contributed by atoms with E-state index < -0.39 is 53.6 Å². The summed E-state index contributed by atoms with van der Waals surface area (Å²) in [4.78, 5) is 21.0. The van der Waals surface area contributed by atoms with Gasteiger partial charge in [0.1, 0.15) is 6.23 Å². The van der Waals surface area contributed by atoms with Gasteiger partial charge in [-0.1, -0.05) is 30.3 Å². The Labute approximate surface area is 149 Å². The van der Waals surface area contributed by atoms with Gasteiger partial charge in [0, 0.05) is 6.42 Å². The first-order valence-electron chi connectivity index (χ1n) is 6.93. The Morgan fingerprint density at radius 3 is 1.46 bits per heavy atom. The molecule has 1 N–H and O–H groups in total. The Balaban J connectivity index is 3.42. The van der Waals surface area contributed by atoms with Gasteiger partial charge in [0.25, 0.3) is 0 Å². The lowest BCUT2D eigenvalue weighted by molar-refractivity contribution is -0.287. The van der Waals surface area contributed by atoms with Crippen molar-refractivity contribution in [3.63, 3.8) is 0 Å². The maximum Gasteiger partial charge on any atom is 0.463 e. The average molecular weight is 429 g/mol. The number of hydrogen-bond donors (Lipinski definition) is 1. The number of halogens is 10. The van der Waals surface area contributed by atoms with Crippen LogP contribution in [-0.2, 0) is 16.0 Å². The van der Waals surface area contributed by atoms with Gasteiger partial charge in [-0.2, -0.15) is 43.9 Å². The van der Waals surface area contributed by atoms with Crippen molar-refractivity contribution < 1.29 is 58.6 Å². The monoisotopic (exact) mass is 429 g/mol. The molecule has 0 bridgehead atoms. The van der Waals surface area contributed by atoms with Crippen molar-refractivity contribution >= 4 is 11.8 Å². The number of carbonyl (C=O) groups is 2. The molecular formula is C14H9F10NO3. The van der Waals surface area contributed by atoms with Crippen LogP contribution in [0.3, 0.4) is 0 Å². The van der Waals surface area contributed by atoms with Crippen LogP contribution in [0.1, 0.15) is 5.56 Å². The molecule has 4 nitrogen and oxygen atoms in total. The predicted molar refractivity (Wildman–Crippen MR) is 70.0 cm³/mol. The molecule has 0 aromatic heterocycles. The molecular weight excluding hydrogens is 420 g/mol. The summed E-state index contributed by atoms with van der Waals surface area (Å²) >= 11 is 0. The highest BCUT2D eigenvalue weighted by Gasteiger charge is 2.71. The zero-order valence-corrected chi connectivity index (χ0v) is 13.2. The van der Waals surface area contributed by atoms with Crippen molar-refractivity contribution in [3.05, 3.63) is 35.9 Å². The Morgan fingerprint density at radius 1 is 0.786 bits per heavy atom. The SMILES string of the molecule is O=C(N(C(=O)C(F)(F)C(F)(F)F)C(O)Cc1ccccc1)C(F)(F)C(F)(F)F. The number of alkyl halides is 10. The second-order valence-electron chi connectivity index (χ2n) is 5.29. The summed E-state index contributed by atoms with van der Waals surface area (Å²) < 4.78 is 127. The highest BCUT2D eigenvalue weighted by molar-refractivity contribution is 6.02. The summed E-state index contributed by atoms with van der Waals surface area (Å²) in [6.07, 6.45) is -17.8. The Bertz CT molecular complexity index is 676. The summed E-state index contributed by atoms with van der Waals surface area (Å²) in [7, 11) is 0. The number of imide groups is 1. The molecule has 0 aliphatic heterocycles. The standard InChI is InChI=1S/C14H9F10NO3/c15-11(16,13(19,20)21)9(27)25(10(28)12(17,18)14(22,23)24)8(26)6-7-4-2-1-3-5-7/h1-5,8,26H,6H2. The van der Waals surface area contributed by atoms with Gasteiger partial charge in [-0.25, -0.2) is 4.90 Å². The Kier molecular flexibility index (Phi) is 6.39. The van der Waals surface area contributed by atoms with Crippen LogP contribution in [0.15, 0.2) is 30.3 Å². The molecule has 0 spiro atoms. The highest BCUT2D eigenvalue weighted by Crippen LogP contribution is 2.41. The molecule has 158 valence electrons. The molecule has 0 saturated heterocycles. The van der Waals surface area contributed by atoms with Crippen molar-refractivity contribution in [1.82, 2.24) is 4.90 Å². The van der Waals surface area contributed by atoms with Crippen LogP contribution in [0.25, 0.3) is 0 Å². The van der Waals surface area contributed by atoms with Crippen molar-refractivity contribution in [2.45, 2.75) is 36.8 Å². The molecule has 0 aliphatic rings. The predicted octanol–water partition coefficient (Wildman–Crippen LogP) is 3.30. The van der Waals surface area contributed by atoms with E-state index in [-0.39, 0.29) is 5.56 Å². The molecule has 0 saturated carbocycles. The van der Waals surface area contributed by atoms with Gasteiger partial charge in [0.05, 0.1) is 0 Å². The Morgan fingerprint density at radius 2 is 1.14 bits per heavy atom. The van der Waals surface area contributed by atoms with Crippen LogP contribution in [0.4, 0.5) is 43.9 Å². The summed E-state index contributed by atoms with van der Waals surface area (Å²) in [5, 5.41) is 9.64. The summed E-state index contributed by atoms with van der Waals surface area (Å²) in [5.41, 5.74) is -0.175. The number of aliphatic hydroxyl groups is 1.